The number of ether oxygens (including phenoxy) is 1. The van der Waals surface area contributed by atoms with E-state index in [4.69, 9.17) is 4.74 Å². The molecule has 0 spiro atoms. The van der Waals surface area contributed by atoms with Gasteiger partial charge < -0.3 is 9.64 Å². The molecular formula is C21H25BrClN3O2S. The Morgan fingerprint density at radius 2 is 1.83 bits per heavy atom. The van der Waals surface area contributed by atoms with Crippen molar-refractivity contribution in [2.45, 2.75) is 13.8 Å². The number of aromatic nitrogens is 1. The van der Waals surface area contributed by atoms with Crippen molar-refractivity contribution in [2.24, 2.45) is 0 Å². The molecule has 0 radical (unpaired) electrons. The molecule has 0 aliphatic carbocycles. The summed E-state index contributed by atoms with van der Waals surface area (Å²) >= 11 is 5.02. The molecule has 1 heterocycles. The van der Waals surface area contributed by atoms with Crippen molar-refractivity contribution in [3.63, 3.8) is 0 Å². The van der Waals surface area contributed by atoms with Crippen molar-refractivity contribution in [3.8, 4) is 5.75 Å². The van der Waals surface area contributed by atoms with Gasteiger partial charge in [0.2, 0.25) is 0 Å². The lowest BCUT2D eigenvalue weighted by Gasteiger charge is -2.24. The predicted molar refractivity (Wildman–Crippen MR) is 127 cm³/mol. The largest absolute Gasteiger partial charge is 0.484 e. The number of amides is 1. The molecule has 0 aliphatic rings. The summed E-state index contributed by atoms with van der Waals surface area (Å²) in [4.78, 5) is 21.7. The van der Waals surface area contributed by atoms with Crippen molar-refractivity contribution in [2.75, 3.05) is 37.7 Å². The average Bonchev–Trinajstić information content (AvgIpc) is 3.13. The van der Waals surface area contributed by atoms with Gasteiger partial charge in [-0.05, 0) is 43.4 Å². The molecular weight excluding hydrogens is 474 g/mol. The highest BCUT2D eigenvalue weighted by Gasteiger charge is 2.21. The summed E-state index contributed by atoms with van der Waals surface area (Å²) in [6, 6.07) is 15.4. The zero-order chi connectivity index (χ0) is 19.9. The third-order valence-corrected chi connectivity index (χ3v) is 6.05. The van der Waals surface area contributed by atoms with Gasteiger partial charge in [-0.1, -0.05) is 59.3 Å². The lowest BCUT2D eigenvalue weighted by Crippen LogP contribution is -2.41. The van der Waals surface area contributed by atoms with Gasteiger partial charge in [0.1, 0.15) is 5.75 Å². The van der Waals surface area contributed by atoms with Crippen LogP contribution in [0.25, 0.3) is 10.2 Å². The van der Waals surface area contributed by atoms with Gasteiger partial charge in [-0.15, -0.1) is 12.4 Å². The van der Waals surface area contributed by atoms with Crippen LogP contribution in [0, 0.1) is 0 Å². The summed E-state index contributed by atoms with van der Waals surface area (Å²) < 4.78 is 7.74. The van der Waals surface area contributed by atoms with Gasteiger partial charge in [-0.2, -0.15) is 0 Å². The van der Waals surface area contributed by atoms with Crippen molar-refractivity contribution in [1.82, 2.24) is 9.88 Å². The Labute approximate surface area is 190 Å². The molecule has 0 aliphatic heterocycles. The summed E-state index contributed by atoms with van der Waals surface area (Å²) in [5, 5.41) is 0.710. The number of para-hydroxylation sites is 1. The lowest BCUT2D eigenvalue weighted by atomic mass is 10.3. The fraction of sp³-hybridized carbons (Fsp3) is 0.333. The minimum absolute atomic E-state index is 0. The van der Waals surface area contributed by atoms with E-state index in [1.165, 1.54) is 11.3 Å². The van der Waals surface area contributed by atoms with Crippen molar-refractivity contribution in [1.29, 1.82) is 0 Å². The smallest absolute Gasteiger partial charge is 0.266 e. The average molecular weight is 499 g/mol. The SMILES string of the molecule is CCN(CC)CCN(C(=O)COc1ccccc1)c1nc2ccc(Br)cc2s1.Cl. The zero-order valence-corrected chi connectivity index (χ0v) is 19.7. The number of halogens is 2. The second kappa shape index (κ2) is 11.5. The lowest BCUT2D eigenvalue weighted by molar-refractivity contribution is -0.120. The van der Waals surface area contributed by atoms with E-state index < -0.39 is 0 Å². The third kappa shape index (κ3) is 6.40. The molecule has 0 N–H and O–H groups in total. The topological polar surface area (TPSA) is 45.7 Å². The number of carbonyl (C=O) groups is 1. The predicted octanol–water partition coefficient (Wildman–Crippen LogP) is 5.23. The maximum absolute atomic E-state index is 13.0. The Balaban J connectivity index is 0.00000300. The molecule has 5 nitrogen and oxygen atoms in total. The second-order valence-electron chi connectivity index (χ2n) is 6.28. The number of thiazole rings is 1. The van der Waals surface area contributed by atoms with E-state index in [2.05, 4.69) is 39.7 Å². The van der Waals surface area contributed by atoms with Crippen LogP contribution in [0.4, 0.5) is 5.13 Å². The van der Waals surface area contributed by atoms with E-state index in [1.807, 2.05) is 48.5 Å². The Morgan fingerprint density at radius 3 is 2.52 bits per heavy atom. The van der Waals surface area contributed by atoms with E-state index in [9.17, 15) is 4.79 Å². The number of carbonyl (C=O) groups excluding carboxylic acids is 1. The van der Waals surface area contributed by atoms with E-state index in [0.717, 1.165) is 34.3 Å². The zero-order valence-electron chi connectivity index (χ0n) is 16.5. The molecule has 3 rings (SSSR count). The highest BCUT2D eigenvalue weighted by molar-refractivity contribution is 9.10. The summed E-state index contributed by atoms with van der Waals surface area (Å²) in [6.07, 6.45) is 0. The van der Waals surface area contributed by atoms with Gasteiger partial charge in [0, 0.05) is 17.6 Å². The van der Waals surface area contributed by atoms with Gasteiger partial charge in [0.25, 0.3) is 5.91 Å². The van der Waals surface area contributed by atoms with Gasteiger partial charge >= 0.3 is 0 Å². The van der Waals surface area contributed by atoms with Crippen molar-refractivity contribution < 1.29 is 9.53 Å². The number of likely N-dealkylation sites (N-methyl/N-ethyl adjacent to an activating group) is 1. The number of anilines is 1. The van der Waals surface area contributed by atoms with Crippen LogP contribution in [-0.2, 0) is 4.79 Å². The van der Waals surface area contributed by atoms with Gasteiger partial charge in [0.05, 0.1) is 10.2 Å². The highest BCUT2D eigenvalue weighted by atomic mass is 79.9. The normalized spacial score (nSPS) is 10.8. The first kappa shape index (κ1) is 23.6. The van der Waals surface area contributed by atoms with Crippen molar-refractivity contribution in [3.05, 3.63) is 53.0 Å². The van der Waals surface area contributed by atoms with E-state index >= 15 is 0 Å². The van der Waals surface area contributed by atoms with Crippen LogP contribution in [-0.4, -0.2) is 48.6 Å². The summed E-state index contributed by atoms with van der Waals surface area (Å²) in [5.74, 6) is 0.599. The summed E-state index contributed by atoms with van der Waals surface area (Å²) in [7, 11) is 0. The van der Waals surface area contributed by atoms with Crippen LogP contribution in [0.1, 0.15) is 13.8 Å². The standard InChI is InChI=1S/C21H24BrN3O2S.ClH/c1-3-24(4-2)12-13-25(20(26)15-27-17-8-6-5-7-9-17)21-23-18-11-10-16(22)14-19(18)28-21;/h5-11,14H,3-4,12-13,15H2,1-2H3;1H. The van der Waals surface area contributed by atoms with Crippen LogP contribution >= 0.6 is 39.7 Å². The highest BCUT2D eigenvalue weighted by Crippen LogP contribution is 2.31. The second-order valence-corrected chi connectivity index (χ2v) is 8.21. The van der Waals surface area contributed by atoms with Crippen LogP contribution in [0.15, 0.2) is 53.0 Å². The number of fused-ring (bicyclic) bond motifs is 1. The molecule has 0 saturated heterocycles. The first-order valence-corrected chi connectivity index (χ1v) is 11.0. The van der Waals surface area contributed by atoms with Crippen LogP contribution in [0.5, 0.6) is 5.75 Å². The fourth-order valence-electron chi connectivity index (χ4n) is 2.85. The summed E-state index contributed by atoms with van der Waals surface area (Å²) in [5.41, 5.74) is 0.896. The molecule has 1 amide bonds. The van der Waals surface area contributed by atoms with Crippen LogP contribution < -0.4 is 9.64 Å². The van der Waals surface area contributed by atoms with Crippen LogP contribution in [0.2, 0.25) is 0 Å². The molecule has 1 aromatic heterocycles. The fourth-order valence-corrected chi connectivity index (χ4v) is 4.41. The maximum Gasteiger partial charge on any atom is 0.266 e. The quantitative estimate of drug-likeness (QED) is 0.405. The number of hydrogen-bond acceptors (Lipinski definition) is 5. The Kier molecular flexibility index (Phi) is 9.36. The van der Waals surface area contributed by atoms with E-state index in [0.29, 0.717) is 17.4 Å². The first-order valence-electron chi connectivity index (χ1n) is 9.37. The van der Waals surface area contributed by atoms with E-state index in [-0.39, 0.29) is 24.9 Å². The monoisotopic (exact) mass is 497 g/mol. The Morgan fingerprint density at radius 1 is 1.10 bits per heavy atom. The number of nitrogens with zero attached hydrogens (tertiary/aromatic N) is 3. The van der Waals surface area contributed by atoms with Gasteiger partial charge in [-0.3, -0.25) is 9.69 Å². The summed E-state index contributed by atoms with van der Waals surface area (Å²) in [6.45, 7) is 7.52. The molecule has 8 heteroatoms. The molecule has 156 valence electrons. The van der Waals surface area contributed by atoms with E-state index in [1.54, 1.807) is 4.90 Å². The maximum atomic E-state index is 13.0. The minimum Gasteiger partial charge on any atom is -0.484 e. The molecule has 0 bridgehead atoms. The first-order chi connectivity index (χ1) is 13.6. The van der Waals surface area contributed by atoms with Crippen LogP contribution in [0.3, 0.4) is 0 Å². The molecule has 29 heavy (non-hydrogen) atoms. The number of hydrogen-bond donors (Lipinski definition) is 0. The minimum atomic E-state index is -0.0888. The Bertz CT molecular complexity index is 919. The molecule has 2 aromatic carbocycles. The third-order valence-electron chi connectivity index (χ3n) is 4.51. The van der Waals surface area contributed by atoms with Gasteiger partial charge in [-0.25, -0.2) is 4.98 Å². The Hall–Kier alpha value is -1.67. The number of benzene rings is 2. The molecule has 0 atom stereocenters. The van der Waals surface area contributed by atoms with Crippen molar-refractivity contribution >= 4 is 60.9 Å². The molecule has 0 saturated carbocycles. The molecule has 0 unspecified atom stereocenters. The molecule has 3 aromatic rings. The van der Waals surface area contributed by atoms with Gasteiger partial charge in [0.15, 0.2) is 11.7 Å². The number of rotatable bonds is 9. The molecule has 0 fully saturated rings.